The fourth-order valence-electron chi connectivity index (χ4n) is 2.74. The van der Waals surface area contributed by atoms with Crippen LogP contribution in [0.15, 0.2) is 22.4 Å². The van der Waals surface area contributed by atoms with Crippen molar-refractivity contribution in [3.8, 4) is 0 Å². The summed E-state index contributed by atoms with van der Waals surface area (Å²) in [5.41, 5.74) is 0. The Kier molecular flexibility index (Phi) is 5.89. The number of nitrogens with zero attached hydrogens (tertiary/aromatic N) is 3. The molecule has 1 aromatic rings. The smallest absolute Gasteiger partial charge is 0.294 e. The zero-order valence-electron chi connectivity index (χ0n) is 13.6. The van der Waals surface area contributed by atoms with Gasteiger partial charge in [-0.05, 0) is 29.3 Å². The largest absolute Gasteiger partial charge is 0.395 e. The van der Waals surface area contributed by atoms with Crippen molar-refractivity contribution >= 4 is 46.2 Å². The summed E-state index contributed by atoms with van der Waals surface area (Å²) in [4.78, 5) is 43.0. The molecule has 3 rings (SSSR count). The molecule has 9 heteroatoms. The lowest BCUT2D eigenvalue weighted by molar-refractivity contribution is -0.137. The number of hydrogen-bond acceptors (Lipinski definition) is 7. The number of thiophene rings is 1. The zero-order valence-corrected chi connectivity index (χ0v) is 15.2. The molecule has 0 saturated carbocycles. The van der Waals surface area contributed by atoms with E-state index in [1.54, 1.807) is 11.0 Å². The Bertz CT molecular complexity index is 682. The Balaban J connectivity index is 1.58. The molecule has 7 nitrogen and oxygen atoms in total. The van der Waals surface area contributed by atoms with Gasteiger partial charge in [-0.15, -0.1) is 11.3 Å². The van der Waals surface area contributed by atoms with Crippen molar-refractivity contribution < 1.29 is 19.5 Å². The van der Waals surface area contributed by atoms with Gasteiger partial charge in [0.25, 0.3) is 11.1 Å². The van der Waals surface area contributed by atoms with Crippen molar-refractivity contribution in [2.45, 2.75) is 0 Å². The summed E-state index contributed by atoms with van der Waals surface area (Å²) >= 11 is 2.36. The van der Waals surface area contributed by atoms with Crippen LogP contribution < -0.4 is 0 Å². The van der Waals surface area contributed by atoms with E-state index in [2.05, 4.69) is 4.90 Å². The molecule has 0 aliphatic carbocycles. The number of aliphatic hydroxyl groups excluding tert-OH is 1. The number of rotatable bonds is 5. The minimum Gasteiger partial charge on any atom is -0.395 e. The summed E-state index contributed by atoms with van der Waals surface area (Å²) in [5, 5.41) is 10.4. The molecular weight excluding hydrogens is 362 g/mol. The predicted octanol–water partition coefficient (Wildman–Crippen LogP) is 0.921. The number of piperazine rings is 1. The van der Waals surface area contributed by atoms with Crippen molar-refractivity contribution in [2.75, 3.05) is 45.9 Å². The monoisotopic (exact) mass is 381 g/mol. The molecule has 0 radical (unpaired) electrons. The first kappa shape index (κ1) is 18.1. The second-order valence-corrected chi connectivity index (χ2v) is 7.70. The van der Waals surface area contributed by atoms with Gasteiger partial charge >= 0.3 is 0 Å². The third-order valence-corrected chi connectivity index (χ3v) is 5.85. The Morgan fingerprint density at radius 1 is 1.24 bits per heavy atom. The van der Waals surface area contributed by atoms with Gasteiger partial charge in [0.2, 0.25) is 5.91 Å². The third-order valence-electron chi connectivity index (χ3n) is 4.12. The lowest BCUT2D eigenvalue weighted by atomic mass is 10.3. The van der Waals surface area contributed by atoms with Crippen LogP contribution in [0.1, 0.15) is 4.88 Å². The molecule has 0 aromatic carbocycles. The highest BCUT2D eigenvalue weighted by molar-refractivity contribution is 8.18. The molecule has 0 spiro atoms. The van der Waals surface area contributed by atoms with Crippen LogP contribution in [0.4, 0.5) is 4.79 Å². The first-order valence-corrected chi connectivity index (χ1v) is 9.68. The van der Waals surface area contributed by atoms with Crippen molar-refractivity contribution in [3.05, 3.63) is 27.3 Å². The maximum atomic E-state index is 12.4. The number of aliphatic hydroxyl groups is 1. The van der Waals surface area contributed by atoms with Crippen molar-refractivity contribution in [3.63, 3.8) is 0 Å². The van der Waals surface area contributed by atoms with Crippen LogP contribution in [-0.4, -0.2) is 82.7 Å². The summed E-state index contributed by atoms with van der Waals surface area (Å²) in [6, 6.07) is 3.75. The second kappa shape index (κ2) is 8.13. The molecule has 2 aliphatic rings. The summed E-state index contributed by atoms with van der Waals surface area (Å²) in [7, 11) is 0. The molecule has 1 N–H and O–H groups in total. The van der Waals surface area contributed by atoms with Gasteiger partial charge in [-0.25, -0.2) is 0 Å². The van der Waals surface area contributed by atoms with Gasteiger partial charge in [0.1, 0.15) is 6.54 Å². The Labute approximate surface area is 153 Å². The maximum Gasteiger partial charge on any atom is 0.294 e. The summed E-state index contributed by atoms with van der Waals surface area (Å²) < 4.78 is 0. The number of carbonyl (C=O) groups excluding carboxylic acids is 3. The zero-order chi connectivity index (χ0) is 17.8. The Hall–Kier alpha value is -1.68. The van der Waals surface area contributed by atoms with Gasteiger partial charge in [-0.3, -0.25) is 24.2 Å². The van der Waals surface area contributed by atoms with Gasteiger partial charge in [0, 0.05) is 37.6 Å². The summed E-state index contributed by atoms with van der Waals surface area (Å²) in [6.07, 6.45) is 1.69. The van der Waals surface area contributed by atoms with E-state index in [0.717, 1.165) is 21.5 Å². The molecule has 1 aromatic heterocycles. The van der Waals surface area contributed by atoms with Crippen molar-refractivity contribution in [1.82, 2.24) is 14.7 Å². The molecule has 2 fully saturated rings. The van der Waals surface area contributed by atoms with E-state index in [1.807, 2.05) is 17.5 Å². The minimum absolute atomic E-state index is 0.0985. The topological polar surface area (TPSA) is 81.2 Å². The number of β-amino-alcohol motifs (C(OH)–C–C–N with tert-alkyl or cyclic N) is 1. The molecule has 2 saturated heterocycles. The average molecular weight is 381 g/mol. The van der Waals surface area contributed by atoms with E-state index in [1.165, 1.54) is 11.3 Å². The molecule has 0 atom stereocenters. The van der Waals surface area contributed by atoms with E-state index >= 15 is 0 Å². The molecule has 134 valence electrons. The van der Waals surface area contributed by atoms with Gasteiger partial charge < -0.3 is 10.0 Å². The normalized spacial score (nSPS) is 20.8. The highest BCUT2D eigenvalue weighted by Gasteiger charge is 2.37. The molecule has 25 heavy (non-hydrogen) atoms. The van der Waals surface area contributed by atoms with Gasteiger partial charge in [-0.1, -0.05) is 6.07 Å². The standard InChI is InChI=1S/C16H19N3O4S2/c20-8-7-17-3-5-18(6-4-17)14(21)11-19-15(22)13(25-16(19)23)10-12-2-1-9-24-12/h1-2,9-10,20H,3-8,11H2/b13-10+. The average Bonchev–Trinajstić information content (AvgIpc) is 3.20. The van der Waals surface area contributed by atoms with E-state index in [4.69, 9.17) is 5.11 Å². The van der Waals surface area contributed by atoms with Crippen molar-refractivity contribution in [1.29, 1.82) is 0 Å². The first-order valence-electron chi connectivity index (χ1n) is 7.98. The molecule has 0 bridgehead atoms. The lowest BCUT2D eigenvalue weighted by Crippen LogP contribution is -2.52. The minimum atomic E-state index is -0.407. The summed E-state index contributed by atoms with van der Waals surface area (Å²) in [5.74, 6) is -0.626. The fourth-order valence-corrected chi connectivity index (χ4v) is 4.30. The number of thioether (sulfide) groups is 1. The Morgan fingerprint density at radius 2 is 2.00 bits per heavy atom. The van der Waals surface area contributed by atoms with Gasteiger partial charge in [0.05, 0.1) is 11.5 Å². The molecule has 3 heterocycles. The maximum absolute atomic E-state index is 12.4. The molecule has 2 aliphatic heterocycles. The lowest BCUT2D eigenvalue weighted by Gasteiger charge is -2.34. The third kappa shape index (κ3) is 4.30. The van der Waals surface area contributed by atoms with Crippen LogP contribution in [0.3, 0.4) is 0 Å². The Morgan fingerprint density at radius 3 is 2.64 bits per heavy atom. The SMILES string of the molecule is O=C(CN1C(=O)S/C(=C/c2cccs2)C1=O)N1CCN(CCO)CC1. The predicted molar refractivity (Wildman–Crippen MR) is 97.1 cm³/mol. The fraction of sp³-hybridized carbons (Fsp3) is 0.438. The van der Waals surface area contributed by atoms with Crippen LogP contribution in [0.2, 0.25) is 0 Å². The van der Waals surface area contributed by atoms with Crippen molar-refractivity contribution in [2.24, 2.45) is 0 Å². The van der Waals surface area contributed by atoms with Crippen LogP contribution in [0.5, 0.6) is 0 Å². The van der Waals surface area contributed by atoms with Crippen LogP contribution in [0.25, 0.3) is 6.08 Å². The van der Waals surface area contributed by atoms with Crippen LogP contribution in [0, 0.1) is 0 Å². The summed E-state index contributed by atoms with van der Waals surface area (Å²) in [6.45, 7) is 2.94. The highest BCUT2D eigenvalue weighted by atomic mass is 32.2. The van der Waals surface area contributed by atoms with Gasteiger partial charge in [0.15, 0.2) is 0 Å². The van der Waals surface area contributed by atoms with Crippen LogP contribution >= 0.6 is 23.1 Å². The number of amides is 3. The van der Waals surface area contributed by atoms with E-state index in [0.29, 0.717) is 37.6 Å². The van der Waals surface area contributed by atoms with E-state index in [-0.39, 0.29) is 19.1 Å². The van der Waals surface area contributed by atoms with Crippen LogP contribution in [-0.2, 0) is 9.59 Å². The quantitative estimate of drug-likeness (QED) is 0.764. The van der Waals surface area contributed by atoms with Gasteiger partial charge in [-0.2, -0.15) is 0 Å². The number of imide groups is 1. The molecular formula is C16H19N3O4S2. The van der Waals surface area contributed by atoms with E-state index in [9.17, 15) is 14.4 Å². The first-order chi connectivity index (χ1) is 12.1. The molecule has 0 unspecified atom stereocenters. The highest BCUT2D eigenvalue weighted by Crippen LogP contribution is 2.32. The number of hydrogen-bond donors (Lipinski definition) is 1. The molecule has 3 amide bonds. The van der Waals surface area contributed by atoms with E-state index < -0.39 is 11.1 Å². The number of carbonyl (C=O) groups is 3. The second-order valence-electron chi connectivity index (χ2n) is 5.73.